The van der Waals surface area contributed by atoms with E-state index >= 15 is 0 Å². The number of imide groups is 1. The van der Waals surface area contributed by atoms with Crippen LogP contribution in [0.1, 0.15) is 22.3 Å². The van der Waals surface area contributed by atoms with Crippen molar-refractivity contribution in [2.24, 2.45) is 0 Å². The molecule has 2 amide bonds. The van der Waals surface area contributed by atoms with Gasteiger partial charge in [-0.3, -0.25) is 9.59 Å². The fourth-order valence-corrected chi connectivity index (χ4v) is 3.69. The third kappa shape index (κ3) is 3.82. The van der Waals surface area contributed by atoms with Crippen LogP contribution in [-0.2, 0) is 9.59 Å². The summed E-state index contributed by atoms with van der Waals surface area (Å²) in [7, 11) is 1.57. The number of carbonyl (C=O) groups is 2. The van der Waals surface area contributed by atoms with E-state index in [2.05, 4.69) is 5.32 Å². The van der Waals surface area contributed by atoms with Crippen LogP contribution >= 0.6 is 0 Å². The summed E-state index contributed by atoms with van der Waals surface area (Å²) in [4.78, 5) is 28.1. The number of ether oxygens (including phenoxy) is 1. The van der Waals surface area contributed by atoms with E-state index in [0.29, 0.717) is 22.6 Å². The molecule has 31 heavy (non-hydrogen) atoms. The molecule has 0 atom stereocenters. The maximum absolute atomic E-state index is 13.5. The Labute approximate surface area is 182 Å². The van der Waals surface area contributed by atoms with E-state index < -0.39 is 0 Å². The van der Waals surface area contributed by atoms with E-state index in [1.807, 2.05) is 63.2 Å². The Kier molecular flexibility index (Phi) is 5.34. The van der Waals surface area contributed by atoms with Crippen molar-refractivity contribution in [3.8, 4) is 5.75 Å². The highest BCUT2D eigenvalue weighted by Gasteiger charge is 2.40. The van der Waals surface area contributed by atoms with Gasteiger partial charge in [0.2, 0.25) is 0 Å². The number of hydrogen-bond donors (Lipinski definition) is 1. The van der Waals surface area contributed by atoms with Gasteiger partial charge in [0.15, 0.2) is 0 Å². The fourth-order valence-electron chi connectivity index (χ4n) is 3.69. The maximum Gasteiger partial charge on any atom is 0.282 e. The van der Waals surface area contributed by atoms with Crippen molar-refractivity contribution in [1.29, 1.82) is 0 Å². The molecule has 1 heterocycles. The molecular weight excluding hydrogens is 388 g/mol. The van der Waals surface area contributed by atoms with E-state index in [4.69, 9.17) is 4.74 Å². The lowest BCUT2D eigenvalue weighted by molar-refractivity contribution is -0.120. The number of amides is 2. The van der Waals surface area contributed by atoms with Crippen LogP contribution in [0.25, 0.3) is 5.57 Å². The van der Waals surface area contributed by atoms with Crippen molar-refractivity contribution < 1.29 is 14.3 Å². The van der Waals surface area contributed by atoms with Gasteiger partial charge in [-0.2, -0.15) is 0 Å². The largest absolute Gasteiger partial charge is 0.497 e. The highest BCUT2D eigenvalue weighted by atomic mass is 16.5. The monoisotopic (exact) mass is 412 g/mol. The number of carbonyl (C=O) groups excluding carboxylic acids is 2. The lowest BCUT2D eigenvalue weighted by Gasteiger charge is -2.16. The zero-order chi connectivity index (χ0) is 22.1. The van der Waals surface area contributed by atoms with Gasteiger partial charge in [0.05, 0.1) is 18.4 Å². The van der Waals surface area contributed by atoms with Crippen LogP contribution in [0.5, 0.6) is 5.75 Å². The van der Waals surface area contributed by atoms with Crippen LogP contribution in [0.4, 0.5) is 11.4 Å². The Morgan fingerprint density at radius 1 is 0.774 bits per heavy atom. The molecule has 1 N–H and O–H groups in total. The third-order valence-electron chi connectivity index (χ3n) is 5.40. The topological polar surface area (TPSA) is 58.6 Å². The molecule has 0 aromatic heterocycles. The number of nitrogens with zero attached hydrogens (tertiary/aromatic N) is 1. The van der Waals surface area contributed by atoms with Crippen LogP contribution in [0, 0.1) is 20.8 Å². The first kappa shape index (κ1) is 20.4. The number of methoxy groups -OCH3 is 1. The Bertz CT molecular complexity index is 1190. The van der Waals surface area contributed by atoms with Crippen molar-refractivity contribution in [2.75, 3.05) is 17.3 Å². The number of rotatable bonds is 5. The molecule has 5 heteroatoms. The van der Waals surface area contributed by atoms with E-state index in [1.165, 1.54) is 4.90 Å². The first-order chi connectivity index (χ1) is 14.9. The smallest absolute Gasteiger partial charge is 0.282 e. The SMILES string of the molecule is COc1ccc(N2C(=O)C(Nc3ccc(C)cc3C)=C(c3ccc(C)cc3)C2=O)cc1. The minimum atomic E-state index is -0.384. The van der Waals surface area contributed by atoms with Crippen molar-refractivity contribution in [1.82, 2.24) is 0 Å². The highest BCUT2D eigenvalue weighted by Crippen LogP contribution is 2.35. The van der Waals surface area contributed by atoms with Gasteiger partial charge in [0.25, 0.3) is 11.8 Å². The minimum Gasteiger partial charge on any atom is -0.497 e. The molecule has 0 unspecified atom stereocenters. The molecular formula is C26H24N2O3. The summed E-state index contributed by atoms with van der Waals surface area (Å²) in [6.45, 7) is 5.98. The third-order valence-corrected chi connectivity index (χ3v) is 5.40. The van der Waals surface area contributed by atoms with Gasteiger partial charge in [-0.25, -0.2) is 4.90 Å². The fraction of sp³-hybridized carbons (Fsp3) is 0.154. The van der Waals surface area contributed by atoms with Crippen LogP contribution in [0.2, 0.25) is 0 Å². The molecule has 0 radical (unpaired) electrons. The van der Waals surface area contributed by atoms with Crippen LogP contribution < -0.4 is 15.0 Å². The molecule has 0 spiro atoms. The molecule has 156 valence electrons. The number of aryl methyl sites for hydroxylation is 3. The zero-order valence-corrected chi connectivity index (χ0v) is 18.0. The van der Waals surface area contributed by atoms with E-state index in [0.717, 1.165) is 22.4 Å². The first-order valence-corrected chi connectivity index (χ1v) is 10.1. The maximum atomic E-state index is 13.5. The number of benzene rings is 3. The highest BCUT2D eigenvalue weighted by molar-refractivity contribution is 6.46. The van der Waals surface area contributed by atoms with Gasteiger partial charge in [-0.15, -0.1) is 0 Å². The Balaban J connectivity index is 1.81. The van der Waals surface area contributed by atoms with Gasteiger partial charge >= 0.3 is 0 Å². The summed E-state index contributed by atoms with van der Waals surface area (Å²) < 4.78 is 5.20. The zero-order valence-electron chi connectivity index (χ0n) is 18.0. The predicted molar refractivity (Wildman–Crippen MR) is 123 cm³/mol. The molecule has 0 saturated heterocycles. The van der Waals surface area contributed by atoms with E-state index in [-0.39, 0.29) is 17.5 Å². The lowest BCUT2D eigenvalue weighted by atomic mass is 10.0. The van der Waals surface area contributed by atoms with Gasteiger partial charge in [-0.1, -0.05) is 47.5 Å². The molecule has 0 bridgehead atoms. The number of hydrogen-bond acceptors (Lipinski definition) is 4. The second-order valence-electron chi connectivity index (χ2n) is 7.70. The summed E-state index contributed by atoms with van der Waals surface area (Å²) in [5.74, 6) is -0.0832. The molecule has 1 aliphatic rings. The van der Waals surface area contributed by atoms with Crippen LogP contribution in [0.3, 0.4) is 0 Å². The molecule has 4 rings (SSSR count). The summed E-state index contributed by atoms with van der Waals surface area (Å²) in [5, 5.41) is 3.24. The Hall–Kier alpha value is -3.86. The first-order valence-electron chi connectivity index (χ1n) is 10.1. The average molecular weight is 412 g/mol. The van der Waals surface area contributed by atoms with Crippen LogP contribution in [0.15, 0.2) is 72.4 Å². The normalized spacial score (nSPS) is 13.7. The second-order valence-corrected chi connectivity index (χ2v) is 7.70. The summed E-state index contributed by atoms with van der Waals surface area (Å²) in [6, 6.07) is 20.4. The quantitative estimate of drug-likeness (QED) is 0.598. The lowest BCUT2D eigenvalue weighted by Crippen LogP contribution is -2.32. The van der Waals surface area contributed by atoms with E-state index in [1.54, 1.807) is 31.4 Å². The Morgan fingerprint density at radius 2 is 1.42 bits per heavy atom. The molecule has 3 aromatic carbocycles. The van der Waals surface area contributed by atoms with E-state index in [9.17, 15) is 9.59 Å². The summed E-state index contributed by atoms with van der Waals surface area (Å²) >= 11 is 0. The predicted octanol–water partition coefficient (Wildman–Crippen LogP) is 5.02. The van der Waals surface area contributed by atoms with Crippen molar-refractivity contribution in [3.05, 3.63) is 94.7 Å². The molecule has 3 aromatic rings. The van der Waals surface area contributed by atoms with Gasteiger partial charge < -0.3 is 10.1 Å². The van der Waals surface area contributed by atoms with Crippen molar-refractivity contribution in [2.45, 2.75) is 20.8 Å². The molecule has 0 saturated carbocycles. The minimum absolute atomic E-state index is 0.275. The summed E-state index contributed by atoms with van der Waals surface area (Å²) in [6.07, 6.45) is 0. The number of nitrogens with one attached hydrogen (secondary N) is 1. The molecule has 1 aliphatic heterocycles. The number of anilines is 2. The second kappa shape index (κ2) is 8.11. The standard InChI is InChI=1S/C26H24N2O3/c1-16-5-8-19(9-6-16)23-24(27-22-14-7-17(2)15-18(22)3)26(30)28(25(23)29)20-10-12-21(31-4)13-11-20/h5-15,27H,1-4H3. The summed E-state index contributed by atoms with van der Waals surface area (Å²) in [5.41, 5.74) is 5.84. The molecule has 0 fully saturated rings. The molecule has 5 nitrogen and oxygen atoms in total. The van der Waals surface area contributed by atoms with Crippen molar-refractivity contribution in [3.63, 3.8) is 0 Å². The average Bonchev–Trinajstić information content (AvgIpc) is 3.00. The van der Waals surface area contributed by atoms with Crippen molar-refractivity contribution >= 4 is 28.8 Å². The Morgan fingerprint density at radius 3 is 2.03 bits per heavy atom. The van der Waals surface area contributed by atoms with Gasteiger partial charge in [0, 0.05) is 5.69 Å². The van der Waals surface area contributed by atoms with Gasteiger partial charge in [-0.05, 0) is 62.2 Å². The molecule has 0 aliphatic carbocycles. The van der Waals surface area contributed by atoms with Gasteiger partial charge in [0.1, 0.15) is 11.4 Å². The van der Waals surface area contributed by atoms with Crippen LogP contribution in [-0.4, -0.2) is 18.9 Å².